The van der Waals surface area contributed by atoms with Crippen LogP contribution in [0.1, 0.15) is 6.92 Å². The zero-order valence-electron chi connectivity index (χ0n) is 9.87. The molecular weight excluding hydrogens is 254 g/mol. The summed E-state index contributed by atoms with van der Waals surface area (Å²) in [6.45, 7) is 4.38. The normalized spacial score (nSPS) is 20.5. The van der Waals surface area contributed by atoms with Crippen LogP contribution < -0.4 is 10.2 Å². The van der Waals surface area contributed by atoms with Crippen molar-refractivity contribution in [3.8, 4) is 0 Å². The Balaban J connectivity index is 2.07. The van der Waals surface area contributed by atoms with Crippen LogP contribution in [0.4, 0.5) is 11.6 Å². The second-order valence-electron chi connectivity index (χ2n) is 4.37. The molecule has 18 heavy (non-hydrogen) atoms. The average molecular weight is 267 g/mol. The molecule has 0 unspecified atom stereocenters. The van der Waals surface area contributed by atoms with Gasteiger partial charge >= 0.3 is 5.82 Å². The number of aromatic nitrogens is 2. The molecule has 1 saturated heterocycles. The molecule has 3 heterocycles. The number of thiazole rings is 1. The van der Waals surface area contributed by atoms with E-state index in [2.05, 4.69) is 17.2 Å². The van der Waals surface area contributed by atoms with E-state index < -0.39 is 0 Å². The number of anilines is 1. The Labute approximate surface area is 107 Å². The first-order valence-corrected chi connectivity index (χ1v) is 6.63. The quantitative estimate of drug-likeness (QED) is 0.651. The predicted octanol–water partition coefficient (Wildman–Crippen LogP) is 1.10. The maximum atomic E-state index is 11.2. The predicted molar refractivity (Wildman–Crippen MR) is 69.4 cm³/mol. The highest BCUT2D eigenvalue weighted by Crippen LogP contribution is 2.31. The van der Waals surface area contributed by atoms with Crippen LogP contribution in [0.25, 0.3) is 4.96 Å². The summed E-state index contributed by atoms with van der Waals surface area (Å²) >= 11 is 1.41. The number of nitrogens with zero attached hydrogens (tertiary/aromatic N) is 4. The van der Waals surface area contributed by atoms with Gasteiger partial charge in [-0.15, -0.1) is 0 Å². The van der Waals surface area contributed by atoms with Gasteiger partial charge in [0.1, 0.15) is 6.20 Å². The smallest absolute Gasteiger partial charge is 0.358 e. The molecule has 2 aromatic rings. The van der Waals surface area contributed by atoms with Crippen LogP contribution >= 0.6 is 11.3 Å². The van der Waals surface area contributed by atoms with Crippen molar-refractivity contribution < 1.29 is 4.92 Å². The van der Waals surface area contributed by atoms with E-state index in [9.17, 15) is 10.1 Å². The van der Waals surface area contributed by atoms with Crippen LogP contribution in [-0.2, 0) is 0 Å². The number of piperazine rings is 1. The molecule has 1 aliphatic heterocycles. The van der Waals surface area contributed by atoms with Gasteiger partial charge in [0, 0.05) is 31.1 Å². The van der Waals surface area contributed by atoms with E-state index in [1.54, 1.807) is 16.0 Å². The lowest BCUT2D eigenvalue weighted by Gasteiger charge is -2.31. The first-order chi connectivity index (χ1) is 8.66. The van der Waals surface area contributed by atoms with Crippen LogP contribution in [0.3, 0.4) is 0 Å². The molecule has 2 aromatic heterocycles. The third-order valence-corrected chi connectivity index (χ3v) is 3.82. The van der Waals surface area contributed by atoms with Crippen LogP contribution in [0.5, 0.6) is 0 Å². The third-order valence-electron chi connectivity index (χ3n) is 3.06. The highest BCUT2D eigenvalue weighted by Gasteiger charge is 2.29. The van der Waals surface area contributed by atoms with Crippen molar-refractivity contribution in [2.45, 2.75) is 13.0 Å². The Kier molecular flexibility index (Phi) is 2.67. The largest absolute Gasteiger partial charge is 0.373 e. The Hall–Kier alpha value is -1.67. The Bertz CT molecular complexity index is 592. The topological polar surface area (TPSA) is 75.7 Å². The van der Waals surface area contributed by atoms with Gasteiger partial charge in [-0.2, -0.15) is 9.38 Å². The summed E-state index contributed by atoms with van der Waals surface area (Å²) < 4.78 is 1.55. The lowest BCUT2D eigenvalue weighted by Crippen LogP contribution is -2.49. The summed E-state index contributed by atoms with van der Waals surface area (Å²) in [5.41, 5.74) is 0. The molecule has 0 bridgehead atoms. The molecule has 0 saturated carbocycles. The molecule has 1 atom stereocenters. The monoisotopic (exact) mass is 267 g/mol. The zero-order valence-corrected chi connectivity index (χ0v) is 10.7. The second-order valence-corrected chi connectivity index (χ2v) is 5.25. The summed E-state index contributed by atoms with van der Waals surface area (Å²) in [5, 5.41) is 16.3. The number of hydrogen-bond acceptors (Lipinski definition) is 6. The molecule has 7 nitrogen and oxygen atoms in total. The number of imidazole rings is 1. The van der Waals surface area contributed by atoms with Crippen LogP contribution in [0.2, 0.25) is 0 Å². The van der Waals surface area contributed by atoms with Gasteiger partial charge in [-0.05, 0) is 11.8 Å². The number of hydrogen-bond donors (Lipinski definition) is 1. The lowest BCUT2D eigenvalue weighted by molar-refractivity contribution is -0.389. The fourth-order valence-electron chi connectivity index (χ4n) is 2.27. The molecule has 1 N–H and O–H groups in total. The molecule has 0 amide bonds. The lowest BCUT2D eigenvalue weighted by atomic mass is 10.2. The van der Waals surface area contributed by atoms with Gasteiger partial charge in [0.05, 0.1) is 0 Å². The summed E-state index contributed by atoms with van der Waals surface area (Å²) in [5.74, 6) is 0.556. The molecule has 8 heteroatoms. The first-order valence-electron chi connectivity index (χ1n) is 5.75. The highest BCUT2D eigenvalue weighted by atomic mass is 32.1. The van der Waals surface area contributed by atoms with Crippen molar-refractivity contribution >= 4 is 27.9 Å². The zero-order chi connectivity index (χ0) is 12.7. The van der Waals surface area contributed by atoms with Gasteiger partial charge in [-0.3, -0.25) is 0 Å². The van der Waals surface area contributed by atoms with Gasteiger partial charge in [0.25, 0.3) is 4.96 Å². The van der Waals surface area contributed by atoms with Crippen molar-refractivity contribution in [2.24, 2.45) is 0 Å². The summed E-state index contributed by atoms with van der Waals surface area (Å²) in [6, 6.07) is 0.318. The van der Waals surface area contributed by atoms with Gasteiger partial charge < -0.3 is 20.3 Å². The highest BCUT2D eigenvalue weighted by molar-refractivity contribution is 7.15. The van der Waals surface area contributed by atoms with Crippen molar-refractivity contribution in [3.05, 3.63) is 21.7 Å². The first kappa shape index (κ1) is 11.4. The Morgan fingerprint density at radius 1 is 1.67 bits per heavy atom. The number of nitro groups is 1. The third kappa shape index (κ3) is 1.73. The van der Waals surface area contributed by atoms with E-state index in [0.29, 0.717) is 16.8 Å². The minimum absolute atomic E-state index is 0.0698. The van der Waals surface area contributed by atoms with E-state index in [-0.39, 0.29) is 10.7 Å². The van der Waals surface area contributed by atoms with Crippen LogP contribution in [0.15, 0.2) is 11.6 Å². The maximum Gasteiger partial charge on any atom is 0.373 e. The van der Waals surface area contributed by atoms with Crippen molar-refractivity contribution in [2.75, 3.05) is 24.5 Å². The molecule has 1 fully saturated rings. The standard InChI is InChI=1S/C10H13N5O2S/c1-7-6-13(3-2-11-7)8-9(15(16)17)14-4-5-18-10(14)12-8/h4-5,7,11H,2-3,6H2,1H3/t7-/m0/s1. The fraction of sp³-hybridized carbons (Fsp3) is 0.500. The second kappa shape index (κ2) is 4.21. The molecule has 0 radical (unpaired) electrons. The molecule has 0 aromatic carbocycles. The van der Waals surface area contributed by atoms with E-state index in [0.717, 1.165) is 19.6 Å². The summed E-state index contributed by atoms with van der Waals surface area (Å²) in [6.07, 6.45) is 1.69. The summed E-state index contributed by atoms with van der Waals surface area (Å²) in [4.78, 5) is 17.9. The number of rotatable bonds is 2. The minimum atomic E-state index is -0.352. The van der Waals surface area contributed by atoms with E-state index in [4.69, 9.17) is 0 Å². The van der Waals surface area contributed by atoms with Crippen molar-refractivity contribution in [1.29, 1.82) is 0 Å². The van der Waals surface area contributed by atoms with Gasteiger partial charge in [0.15, 0.2) is 0 Å². The average Bonchev–Trinajstić information content (AvgIpc) is 2.87. The van der Waals surface area contributed by atoms with Gasteiger partial charge in [0.2, 0.25) is 5.82 Å². The van der Waals surface area contributed by atoms with Gasteiger partial charge in [-0.25, -0.2) is 0 Å². The van der Waals surface area contributed by atoms with E-state index >= 15 is 0 Å². The maximum absolute atomic E-state index is 11.2. The Morgan fingerprint density at radius 3 is 3.22 bits per heavy atom. The molecule has 96 valence electrons. The molecule has 0 spiro atoms. The van der Waals surface area contributed by atoms with Gasteiger partial charge in [-0.1, -0.05) is 11.3 Å². The van der Waals surface area contributed by atoms with E-state index in [1.165, 1.54) is 11.3 Å². The Morgan fingerprint density at radius 2 is 2.50 bits per heavy atom. The van der Waals surface area contributed by atoms with Crippen molar-refractivity contribution in [1.82, 2.24) is 14.7 Å². The summed E-state index contributed by atoms with van der Waals surface area (Å²) in [7, 11) is 0. The molecule has 1 aliphatic rings. The minimum Gasteiger partial charge on any atom is -0.358 e. The number of nitrogens with one attached hydrogen (secondary N) is 1. The van der Waals surface area contributed by atoms with Crippen molar-refractivity contribution in [3.63, 3.8) is 0 Å². The molecule has 0 aliphatic carbocycles. The molecule has 3 rings (SSSR count). The van der Waals surface area contributed by atoms with Crippen LogP contribution in [-0.4, -0.2) is 40.0 Å². The molecular formula is C10H13N5O2S. The van der Waals surface area contributed by atoms with E-state index in [1.807, 2.05) is 4.90 Å². The fourth-order valence-corrected chi connectivity index (χ4v) is 2.97. The van der Waals surface area contributed by atoms with Crippen LogP contribution in [0, 0.1) is 10.1 Å². The number of fused-ring (bicyclic) bond motifs is 1. The SMILES string of the molecule is C[C@H]1CN(c2nc3sccn3c2[N+](=O)[O-])CCN1.